The zero-order valence-electron chi connectivity index (χ0n) is 6.34. The van der Waals surface area contributed by atoms with Gasteiger partial charge in [0.2, 0.25) is 0 Å². The van der Waals surface area contributed by atoms with Gasteiger partial charge in [0.05, 0.1) is 6.17 Å². The van der Waals surface area contributed by atoms with Crippen LogP contribution >= 0.6 is 0 Å². The summed E-state index contributed by atoms with van der Waals surface area (Å²) in [7, 11) is 0. The molecule has 2 saturated heterocycles. The molecule has 57 valence electrons. The minimum Gasteiger partial charge on any atom is -0.302 e. The van der Waals surface area contributed by atoms with Crippen LogP contribution in [0.25, 0.3) is 0 Å². The van der Waals surface area contributed by atoms with Gasteiger partial charge in [0, 0.05) is 6.54 Å². The first-order chi connectivity index (χ1) is 4.97. The Kier molecular flexibility index (Phi) is 1.91. The Morgan fingerprint density at radius 3 is 3.10 bits per heavy atom. The van der Waals surface area contributed by atoms with E-state index in [-0.39, 0.29) is 0 Å². The molecule has 0 aromatic carbocycles. The van der Waals surface area contributed by atoms with Crippen molar-refractivity contribution in [1.82, 2.24) is 10.2 Å². The van der Waals surface area contributed by atoms with Crippen LogP contribution in [0.2, 0.25) is 0 Å². The third-order valence-electron chi connectivity index (χ3n) is 2.46. The third kappa shape index (κ3) is 1.18. The van der Waals surface area contributed by atoms with E-state index in [1.165, 1.54) is 38.9 Å². The fraction of sp³-hybridized carbons (Fsp3) is 0.875. The predicted molar refractivity (Wildman–Crippen MR) is 41.5 cm³/mol. The van der Waals surface area contributed by atoms with Crippen molar-refractivity contribution in [2.24, 2.45) is 0 Å². The van der Waals surface area contributed by atoms with Gasteiger partial charge in [0.1, 0.15) is 0 Å². The van der Waals surface area contributed by atoms with Crippen LogP contribution in [-0.4, -0.2) is 30.7 Å². The van der Waals surface area contributed by atoms with E-state index in [0.717, 1.165) is 0 Å². The largest absolute Gasteiger partial charge is 0.302 e. The highest BCUT2D eigenvalue weighted by molar-refractivity contribution is 4.86. The standard InChI is InChI=1S/C8H15N2/c1-2-7-10(6-1)8-4-3-5-9-8/h1,8-9H,2-7H2. The lowest BCUT2D eigenvalue weighted by Gasteiger charge is -2.22. The van der Waals surface area contributed by atoms with E-state index in [4.69, 9.17) is 0 Å². The van der Waals surface area contributed by atoms with Crippen molar-refractivity contribution in [3.05, 3.63) is 6.42 Å². The first-order valence-corrected chi connectivity index (χ1v) is 4.26. The molecule has 2 heterocycles. The summed E-state index contributed by atoms with van der Waals surface area (Å²) >= 11 is 0. The molecule has 2 fully saturated rings. The van der Waals surface area contributed by atoms with Crippen LogP contribution < -0.4 is 5.32 Å². The zero-order valence-corrected chi connectivity index (χ0v) is 6.34. The highest BCUT2D eigenvalue weighted by Crippen LogP contribution is 2.15. The van der Waals surface area contributed by atoms with Gasteiger partial charge in [-0.1, -0.05) is 0 Å². The molecule has 0 spiro atoms. The Bertz CT molecular complexity index is 87.8. The predicted octanol–water partition coefficient (Wildman–Crippen LogP) is 0.606. The molecule has 1 radical (unpaired) electrons. The highest BCUT2D eigenvalue weighted by atomic mass is 15.3. The van der Waals surface area contributed by atoms with Gasteiger partial charge < -0.3 is 5.32 Å². The van der Waals surface area contributed by atoms with Gasteiger partial charge in [-0.05, 0) is 38.8 Å². The van der Waals surface area contributed by atoms with Gasteiger partial charge in [0.15, 0.2) is 0 Å². The van der Waals surface area contributed by atoms with Gasteiger partial charge in [0.25, 0.3) is 0 Å². The van der Waals surface area contributed by atoms with E-state index < -0.39 is 0 Å². The Balaban J connectivity index is 1.85. The lowest BCUT2D eigenvalue weighted by molar-refractivity contribution is 0.229. The van der Waals surface area contributed by atoms with Crippen LogP contribution in [0.4, 0.5) is 0 Å². The highest BCUT2D eigenvalue weighted by Gasteiger charge is 2.23. The summed E-state index contributed by atoms with van der Waals surface area (Å²) in [4.78, 5) is 2.53. The van der Waals surface area contributed by atoms with E-state index in [2.05, 4.69) is 16.6 Å². The number of rotatable bonds is 1. The number of likely N-dealkylation sites (tertiary alicyclic amines) is 1. The SMILES string of the molecule is [CH]1CCN(C2CCCN2)C1. The maximum absolute atomic E-state index is 3.50. The Hall–Kier alpha value is -0.0800. The molecule has 2 nitrogen and oxygen atoms in total. The molecule has 2 heteroatoms. The second kappa shape index (κ2) is 2.89. The molecule has 0 aromatic rings. The van der Waals surface area contributed by atoms with Gasteiger partial charge >= 0.3 is 0 Å². The second-order valence-electron chi connectivity index (χ2n) is 3.18. The van der Waals surface area contributed by atoms with Crippen LogP contribution in [0.3, 0.4) is 0 Å². The number of hydrogen-bond donors (Lipinski definition) is 1. The molecule has 0 aromatic heterocycles. The summed E-state index contributed by atoms with van der Waals surface area (Å²) in [5.41, 5.74) is 0. The van der Waals surface area contributed by atoms with Crippen LogP contribution in [0.5, 0.6) is 0 Å². The first-order valence-electron chi connectivity index (χ1n) is 4.26. The van der Waals surface area contributed by atoms with E-state index in [0.29, 0.717) is 6.17 Å². The van der Waals surface area contributed by atoms with Gasteiger partial charge in [-0.15, -0.1) is 0 Å². The zero-order chi connectivity index (χ0) is 6.81. The third-order valence-corrected chi connectivity index (χ3v) is 2.46. The molecule has 0 aliphatic carbocycles. The van der Waals surface area contributed by atoms with Gasteiger partial charge in [-0.25, -0.2) is 0 Å². The molecule has 2 aliphatic heterocycles. The molecule has 0 saturated carbocycles. The number of nitrogens with zero attached hydrogens (tertiary/aromatic N) is 1. The van der Waals surface area contributed by atoms with Crippen molar-refractivity contribution in [3.8, 4) is 0 Å². The van der Waals surface area contributed by atoms with Crippen molar-refractivity contribution >= 4 is 0 Å². The minimum absolute atomic E-state index is 0.707. The van der Waals surface area contributed by atoms with Crippen molar-refractivity contribution in [1.29, 1.82) is 0 Å². The summed E-state index contributed by atoms with van der Waals surface area (Å²) in [6.07, 6.45) is 7.09. The number of nitrogens with one attached hydrogen (secondary N) is 1. The summed E-state index contributed by atoms with van der Waals surface area (Å²) in [5, 5.41) is 3.50. The van der Waals surface area contributed by atoms with Crippen LogP contribution in [-0.2, 0) is 0 Å². The fourth-order valence-corrected chi connectivity index (χ4v) is 1.87. The molecule has 1 atom stereocenters. The smallest absolute Gasteiger partial charge is 0.0597 e. The quantitative estimate of drug-likeness (QED) is 0.572. The van der Waals surface area contributed by atoms with Gasteiger partial charge in [-0.3, -0.25) is 4.90 Å². The second-order valence-corrected chi connectivity index (χ2v) is 3.18. The van der Waals surface area contributed by atoms with E-state index in [1.807, 2.05) is 0 Å². The van der Waals surface area contributed by atoms with Crippen LogP contribution in [0.1, 0.15) is 19.3 Å². The normalized spacial score (nSPS) is 35.4. The van der Waals surface area contributed by atoms with Crippen LogP contribution in [0.15, 0.2) is 0 Å². The first kappa shape index (κ1) is 6.62. The summed E-state index contributed by atoms with van der Waals surface area (Å²) in [6, 6.07) is 0. The average Bonchev–Trinajstić information content (AvgIpc) is 2.59. The lowest BCUT2D eigenvalue weighted by atomic mass is 10.3. The molecule has 2 rings (SSSR count). The minimum atomic E-state index is 0.707. The van der Waals surface area contributed by atoms with Crippen molar-refractivity contribution in [2.45, 2.75) is 25.4 Å². The van der Waals surface area contributed by atoms with Crippen molar-refractivity contribution in [3.63, 3.8) is 0 Å². The maximum atomic E-state index is 3.50. The molecular weight excluding hydrogens is 124 g/mol. The summed E-state index contributed by atoms with van der Waals surface area (Å²) < 4.78 is 0. The maximum Gasteiger partial charge on any atom is 0.0597 e. The Labute approximate surface area is 62.6 Å². The Morgan fingerprint density at radius 1 is 1.50 bits per heavy atom. The van der Waals surface area contributed by atoms with E-state index in [9.17, 15) is 0 Å². The van der Waals surface area contributed by atoms with Crippen molar-refractivity contribution in [2.75, 3.05) is 19.6 Å². The molecule has 1 unspecified atom stereocenters. The van der Waals surface area contributed by atoms with E-state index in [1.54, 1.807) is 0 Å². The lowest BCUT2D eigenvalue weighted by Crippen LogP contribution is -2.39. The van der Waals surface area contributed by atoms with Gasteiger partial charge in [-0.2, -0.15) is 0 Å². The summed E-state index contributed by atoms with van der Waals surface area (Å²) in [5.74, 6) is 0. The molecule has 10 heavy (non-hydrogen) atoms. The average molecular weight is 139 g/mol. The van der Waals surface area contributed by atoms with E-state index >= 15 is 0 Å². The molecule has 1 N–H and O–H groups in total. The van der Waals surface area contributed by atoms with Crippen LogP contribution in [0, 0.1) is 6.42 Å². The monoisotopic (exact) mass is 139 g/mol. The molecule has 0 bridgehead atoms. The molecule has 2 aliphatic rings. The Morgan fingerprint density at radius 2 is 2.50 bits per heavy atom. The number of hydrogen-bond acceptors (Lipinski definition) is 2. The van der Waals surface area contributed by atoms with Crippen molar-refractivity contribution < 1.29 is 0 Å². The topological polar surface area (TPSA) is 15.3 Å². The molecular formula is C8H15N2. The molecule has 0 amide bonds. The fourth-order valence-electron chi connectivity index (χ4n) is 1.87. The summed E-state index contributed by atoms with van der Waals surface area (Å²) in [6.45, 7) is 3.70.